The topological polar surface area (TPSA) is 38.3 Å². The maximum Gasteiger partial charge on any atom is 0.234 e. The van der Waals surface area contributed by atoms with E-state index in [0.29, 0.717) is 5.75 Å². The fraction of sp³-hybridized carbons (Fsp3) is 0.214. The van der Waals surface area contributed by atoms with Gasteiger partial charge in [-0.15, -0.1) is 23.1 Å². The molecule has 3 rings (SSSR count). The average molecular weight is 291 g/mol. The largest absolute Gasteiger partial charge is 0.496 e. The molecule has 19 heavy (non-hydrogen) atoms. The summed E-state index contributed by atoms with van der Waals surface area (Å²) in [6, 6.07) is 9.96. The summed E-state index contributed by atoms with van der Waals surface area (Å²) in [4.78, 5) is 12.9. The minimum atomic E-state index is 0.0575. The number of ether oxygens (including phenoxy) is 1. The van der Waals surface area contributed by atoms with Gasteiger partial charge < -0.3 is 10.1 Å². The molecule has 1 aromatic heterocycles. The van der Waals surface area contributed by atoms with Crippen molar-refractivity contribution in [3.63, 3.8) is 0 Å². The Hall–Kier alpha value is -1.46. The van der Waals surface area contributed by atoms with E-state index < -0.39 is 0 Å². The number of fused-ring (bicyclic) bond motifs is 1. The van der Waals surface area contributed by atoms with E-state index in [1.165, 1.54) is 4.88 Å². The van der Waals surface area contributed by atoms with E-state index in [0.717, 1.165) is 17.0 Å². The van der Waals surface area contributed by atoms with Crippen molar-refractivity contribution in [3.05, 3.63) is 46.2 Å². The van der Waals surface area contributed by atoms with Crippen LogP contribution in [0.1, 0.15) is 15.7 Å². The molecule has 1 aliphatic rings. The highest BCUT2D eigenvalue weighted by atomic mass is 32.2. The second-order valence-corrected chi connectivity index (χ2v) is 6.22. The van der Waals surface area contributed by atoms with Gasteiger partial charge in [-0.25, -0.2) is 0 Å². The summed E-state index contributed by atoms with van der Waals surface area (Å²) < 4.78 is 5.44. The zero-order valence-electron chi connectivity index (χ0n) is 10.4. The molecular weight excluding hydrogens is 278 g/mol. The van der Waals surface area contributed by atoms with Crippen LogP contribution in [0.5, 0.6) is 5.75 Å². The fourth-order valence-corrected chi connectivity index (χ4v) is 4.42. The van der Waals surface area contributed by atoms with E-state index in [4.69, 9.17) is 4.74 Å². The van der Waals surface area contributed by atoms with Crippen LogP contribution in [0.25, 0.3) is 0 Å². The molecule has 5 heteroatoms. The van der Waals surface area contributed by atoms with Crippen molar-refractivity contribution < 1.29 is 9.53 Å². The number of anilines is 1. The van der Waals surface area contributed by atoms with Crippen molar-refractivity contribution in [2.45, 2.75) is 5.25 Å². The lowest BCUT2D eigenvalue weighted by atomic mass is 10.1. The van der Waals surface area contributed by atoms with E-state index in [9.17, 15) is 4.79 Å². The first-order chi connectivity index (χ1) is 9.29. The Kier molecular flexibility index (Phi) is 3.48. The molecule has 1 atom stereocenters. The zero-order valence-corrected chi connectivity index (χ0v) is 12.0. The molecule has 0 saturated carbocycles. The molecule has 2 aromatic rings. The third-order valence-corrected chi connectivity index (χ3v) is 5.39. The highest BCUT2D eigenvalue weighted by molar-refractivity contribution is 8.00. The molecule has 1 aromatic carbocycles. The minimum Gasteiger partial charge on any atom is -0.496 e. The van der Waals surface area contributed by atoms with Crippen molar-refractivity contribution in [1.82, 2.24) is 0 Å². The Morgan fingerprint density at radius 2 is 2.16 bits per heavy atom. The molecule has 0 aliphatic carbocycles. The van der Waals surface area contributed by atoms with Crippen LogP contribution in [0.15, 0.2) is 35.7 Å². The molecule has 0 spiro atoms. The lowest BCUT2D eigenvalue weighted by molar-refractivity contribution is -0.113. The zero-order chi connectivity index (χ0) is 13.2. The van der Waals surface area contributed by atoms with Crippen LogP contribution in [0.2, 0.25) is 0 Å². The van der Waals surface area contributed by atoms with Gasteiger partial charge in [-0.3, -0.25) is 4.79 Å². The van der Waals surface area contributed by atoms with Gasteiger partial charge in [0.2, 0.25) is 5.91 Å². The van der Waals surface area contributed by atoms with Gasteiger partial charge in [0.1, 0.15) is 5.75 Å². The SMILES string of the molecule is COc1ccccc1[C@H]1SCC(=O)Nc2ccsc21. The van der Waals surface area contributed by atoms with Crippen molar-refractivity contribution in [2.24, 2.45) is 0 Å². The first kappa shape index (κ1) is 12.6. The molecule has 2 heterocycles. The van der Waals surface area contributed by atoms with E-state index in [1.807, 2.05) is 29.6 Å². The van der Waals surface area contributed by atoms with Crippen molar-refractivity contribution >= 4 is 34.7 Å². The molecule has 0 fully saturated rings. The van der Waals surface area contributed by atoms with Crippen LogP contribution in [0, 0.1) is 0 Å². The third kappa shape index (κ3) is 2.35. The maximum absolute atomic E-state index is 11.7. The molecule has 0 bridgehead atoms. The van der Waals surface area contributed by atoms with Crippen LogP contribution in [0.3, 0.4) is 0 Å². The van der Waals surface area contributed by atoms with Gasteiger partial charge in [0.15, 0.2) is 0 Å². The summed E-state index contributed by atoms with van der Waals surface area (Å²) in [5.41, 5.74) is 2.05. The molecule has 3 nitrogen and oxygen atoms in total. The fourth-order valence-electron chi connectivity index (χ4n) is 2.16. The summed E-state index contributed by atoms with van der Waals surface area (Å²) in [5.74, 6) is 1.39. The number of methoxy groups -OCH3 is 1. The number of carbonyl (C=O) groups excluding carboxylic acids is 1. The molecule has 1 aliphatic heterocycles. The van der Waals surface area contributed by atoms with Crippen molar-refractivity contribution in [1.29, 1.82) is 0 Å². The minimum absolute atomic E-state index is 0.0575. The summed E-state index contributed by atoms with van der Waals surface area (Å²) in [5, 5.41) is 5.11. The Morgan fingerprint density at radius 1 is 1.32 bits per heavy atom. The van der Waals surface area contributed by atoms with Gasteiger partial charge in [-0.2, -0.15) is 0 Å². The van der Waals surface area contributed by atoms with Gasteiger partial charge >= 0.3 is 0 Å². The monoisotopic (exact) mass is 291 g/mol. The molecule has 1 amide bonds. The molecular formula is C14H13NO2S2. The average Bonchev–Trinajstić information content (AvgIpc) is 2.81. The number of hydrogen-bond donors (Lipinski definition) is 1. The highest BCUT2D eigenvalue weighted by Crippen LogP contribution is 2.46. The van der Waals surface area contributed by atoms with E-state index in [2.05, 4.69) is 11.4 Å². The summed E-state index contributed by atoms with van der Waals surface area (Å²) in [7, 11) is 1.68. The number of para-hydroxylation sites is 1. The van der Waals surface area contributed by atoms with Crippen molar-refractivity contribution in [2.75, 3.05) is 18.2 Å². The number of hydrogen-bond acceptors (Lipinski definition) is 4. The maximum atomic E-state index is 11.7. The Balaban J connectivity index is 2.08. The number of nitrogens with one attached hydrogen (secondary N) is 1. The normalized spacial score (nSPS) is 18.4. The van der Waals surface area contributed by atoms with E-state index >= 15 is 0 Å². The van der Waals surface area contributed by atoms with E-state index in [1.54, 1.807) is 30.2 Å². The van der Waals surface area contributed by atoms with Crippen LogP contribution in [-0.2, 0) is 4.79 Å². The predicted molar refractivity (Wildman–Crippen MR) is 80.2 cm³/mol. The summed E-state index contributed by atoms with van der Waals surface area (Å²) in [6.07, 6.45) is 0. The number of rotatable bonds is 2. The quantitative estimate of drug-likeness (QED) is 0.920. The van der Waals surface area contributed by atoms with Gasteiger partial charge in [0.25, 0.3) is 0 Å². The van der Waals surface area contributed by atoms with E-state index in [-0.39, 0.29) is 11.2 Å². The number of benzene rings is 1. The lowest BCUT2D eigenvalue weighted by Crippen LogP contribution is -2.11. The Labute approximate surface area is 120 Å². The predicted octanol–water partition coefficient (Wildman–Crippen LogP) is 3.53. The van der Waals surface area contributed by atoms with Gasteiger partial charge in [0, 0.05) is 10.4 Å². The second kappa shape index (κ2) is 5.27. The number of carbonyl (C=O) groups is 1. The Morgan fingerprint density at radius 3 is 3.00 bits per heavy atom. The van der Waals surface area contributed by atoms with Crippen LogP contribution >= 0.6 is 23.1 Å². The molecule has 0 unspecified atom stereocenters. The smallest absolute Gasteiger partial charge is 0.234 e. The van der Waals surface area contributed by atoms with Crippen molar-refractivity contribution in [3.8, 4) is 5.75 Å². The van der Waals surface area contributed by atoms with Crippen LogP contribution in [-0.4, -0.2) is 18.8 Å². The second-order valence-electron chi connectivity index (χ2n) is 4.18. The number of thioether (sulfide) groups is 1. The Bertz CT molecular complexity index is 609. The summed E-state index contributed by atoms with van der Waals surface area (Å²) >= 11 is 3.31. The summed E-state index contributed by atoms with van der Waals surface area (Å²) in [6.45, 7) is 0. The van der Waals surface area contributed by atoms with Gasteiger partial charge in [0.05, 0.1) is 23.8 Å². The first-order valence-electron chi connectivity index (χ1n) is 5.91. The lowest BCUT2D eigenvalue weighted by Gasteiger charge is -2.17. The molecule has 0 saturated heterocycles. The molecule has 98 valence electrons. The highest BCUT2D eigenvalue weighted by Gasteiger charge is 2.27. The number of thiophene rings is 1. The first-order valence-corrected chi connectivity index (χ1v) is 7.84. The van der Waals surface area contributed by atoms with Crippen LogP contribution in [0.4, 0.5) is 5.69 Å². The molecule has 1 N–H and O–H groups in total. The van der Waals surface area contributed by atoms with Crippen LogP contribution < -0.4 is 10.1 Å². The number of amides is 1. The molecule has 0 radical (unpaired) electrons. The van der Waals surface area contributed by atoms with Gasteiger partial charge in [-0.05, 0) is 17.5 Å². The standard InChI is InChI=1S/C14H13NO2S2/c1-17-11-5-3-2-4-9(11)13-14-10(6-7-18-14)15-12(16)8-19-13/h2-7,13H,8H2,1H3,(H,15,16)/t13-/m1/s1. The van der Waals surface area contributed by atoms with Gasteiger partial charge in [-0.1, -0.05) is 18.2 Å². The third-order valence-electron chi connectivity index (χ3n) is 3.01.